The highest BCUT2D eigenvalue weighted by Gasteiger charge is 2.03. The molecule has 0 saturated heterocycles. The van der Waals surface area contributed by atoms with Crippen LogP contribution in [-0.2, 0) is 6.42 Å². The molecule has 3 rings (SSSR count). The van der Waals surface area contributed by atoms with Crippen LogP contribution in [0.1, 0.15) is 12.5 Å². The van der Waals surface area contributed by atoms with Crippen molar-refractivity contribution in [2.24, 2.45) is 0 Å². The van der Waals surface area contributed by atoms with Crippen molar-refractivity contribution < 1.29 is 4.74 Å². The van der Waals surface area contributed by atoms with Crippen LogP contribution in [-0.4, -0.2) is 12.1 Å². The first-order chi connectivity index (χ1) is 9.80. The monoisotopic (exact) mass is 263 g/mol. The van der Waals surface area contributed by atoms with Gasteiger partial charge < -0.3 is 4.74 Å². The Morgan fingerprint density at radius 1 is 0.950 bits per heavy atom. The lowest BCUT2D eigenvalue weighted by Gasteiger charge is -2.06. The number of pyridine rings is 1. The Bertz CT molecular complexity index is 732. The van der Waals surface area contributed by atoms with Crippen LogP contribution in [0.4, 0.5) is 0 Å². The van der Waals surface area contributed by atoms with Crippen molar-refractivity contribution in [1.29, 1.82) is 0 Å². The van der Waals surface area contributed by atoms with Crippen molar-refractivity contribution in [1.82, 2.24) is 4.98 Å². The molecule has 0 aliphatic heterocycles. The average molecular weight is 263 g/mol. The second-order valence-electron chi connectivity index (χ2n) is 4.81. The summed E-state index contributed by atoms with van der Waals surface area (Å²) in [7, 11) is 1.68. The van der Waals surface area contributed by atoms with E-state index >= 15 is 0 Å². The van der Waals surface area contributed by atoms with Gasteiger partial charge in [-0.3, -0.25) is 0 Å². The van der Waals surface area contributed by atoms with Gasteiger partial charge in [0, 0.05) is 10.9 Å². The number of methoxy groups -OCH3 is 1. The van der Waals surface area contributed by atoms with Gasteiger partial charge in [0.25, 0.3) is 0 Å². The van der Waals surface area contributed by atoms with Gasteiger partial charge in [0.1, 0.15) is 5.75 Å². The first-order valence-corrected chi connectivity index (χ1v) is 6.84. The molecule has 0 unspecified atom stereocenters. The van der Waals surface area contributed by atoms with Crippen molar-refractivity contribution in [3.63, 3.8) is 0 Å². The highest BCUT2D eigenvalue weighted by molar-refractivity contribution is 5.82. The number of nitrogens with zero attached hydrogens (tertiary/aromatic N) is 1. The van der Waals surface area contributed by atoms with Gasteiger partial charge in [-0.05, 0) is 36.2 Å². The van der Waals surface area contributed by atoms with E-state index in [4.69, 9.17) is 9.72 Å². The summed E-state index contributed by atoms with van der Waals surface area (Å²) in [6, 6.07) is 18.7. The molecule has 0 amide bonds. The van der Waals surface area contributed by atoms with Crippen molar-refractivity contribution in [2.45, 2.75) is 13.3 Å². The molecule has 1 heterocycles. The standard InChI is InChI=1S/C18H17NO/c1-3-13-4-6-14(7-5-13)17-10-8-15-12-16(20-2)9-11-18(15)19-17/h4-12H,3H2,1-2H3. The summed E-state index contributed by atoms with van der Waals surface area (Å²) in [5.74, 6) is 0.861. The van der Waals surface area contributed by atoms with Crippen LogP contribution >= 0.6 is 0 Å². The van der Waals surface area contributed by atoms with Crippen LogP contribution in [0.15, 0.2) is 54.6 Å². The summed E-state index contributed by atoms with van der Waals surface area (Å²) in [6.07, 6.45) is 1.06. The number of benzene rings is 2. The molecule has 0 aliphatic carbocycles. The Morgan fingerprint density at radius 2 is 1.75 bits per heavy atom. The number of aromatic nitrogens is 1. The van der Waals surface area contributed by atoms with Gasteiger partial charge in [-0.25, -0.2) is 4.98 Å². The van der Waals surface area contributed by atoms with Crippen molar-refractivity contribution >= 4 is 10.9 Å². The van der Waals surface area contributed by atoms with Gasteiger partial charge in [-0.2, -0.15) is 0 Å². The van der Waals surface area contributed by atoms with Gasteiger partial charge in [0.2, 0.25) is 0 Å². The highest BCUT2D eigenvalue weighted by atomic mass is 16.5. The maximum Gasteiger partial charge on any atom is 0.119 e. The molecule has 100 valence electrons. The quantitative estimate of drug-likeness (QED) is 0.695. The summed E-state index contributed by atoms with van der Waals surface area (Å²) in [5.41, 5.74) is 4.49. The first-order valence-electron chi connectivity index (χ1n) is 6.84. The first kappa shape index (κ1) is 12.7. The second-order valence-corrected chi connectivity index (χ2v) is 4.81. The van der Waals surface area contributed by atoms with Gasteiger partial charge in [-0.15, -0.1) is 0 Å². The summed E-state index contributed by atoms with van der Waals surface area (Å²) in [5, 5.41) is 1.10. The minimum absolute atomic E-state index is 0.861. The molecule has 2 nitrogen and oxygen atoms in total. The van der Waals surface area contributed by atoms with E-state index < -0.39 is 0 Å². The molecule has 0 radical (unpaired) electrons. The average Bonchev–Trinajstić information content (AvgIpc) is 2.54. The fourth-order valence-corrected chi connectivity index (χ4v) is 2.30. The lowest BCUT2D eigenvalue weighted by atomic mass is 10.1. The van der Waals surface area contributed by atoms with E-state index in [2.05, 4.69) is 43.3 Å². The fraction of sp³-hybridized carbons (Fsp3) is 0.167. The molecule has 0 atom stereocenters. The Balaban J connectivity index is 2.03. The van der Waals surface area contributed by atoms with E-state index in [0.717, 1.165) is 34.3 Å². The van der Waals surface area contributed by atoms with Crippen LogP contribution in [0.25, 0.3) is 22.2 Å². The molecule has 2 heteroatoms. The van der Waals surface area contributed by atoms with Crippen LogP contribution in [0.5, 0.6) is 5.75 Å². The summed E-state index contributed by atoms with van der Waals surface area (Å²) in [6.45, 7) is 2.16. The van der Waals surface area contributed by atoms with Crippen LogP contribution in [0.2, 0.25) is 0 Å². The zero-order valence-corrected chi connectivity index (χ0v) is 11.8. The zero-order chi connectivity index (χ0) is 13.9. The summed E-state index contributed by atoms with van der Waals surface area (Å²) < 4.78 is 5.23. The lowest BCUT2D eigenvalue weighted by molar-refractivity contribution is 0.415. The van der Waals surface area contributed by atoms with Gasteiger partial charge >= 0.3 is 0 Å². The van der Waals surface area contributed by atoms with E-state index in [9.17, 15) is 0 Å². The van der Waals surface area contributed by atoms with Crippen molar-refractivity contribution in [3.8, 4) is 17.0 Å². The van der Waals surface area contributed by atoms with Crippen LogP contribution < -0.4 is 4.74 Å². The minimum atomic E-state index is 0.861. The van der Waals surface area contributed by atoms with E-state index in [1.807, 2.05) is 18.2 Å². The molecule has 0 saturated carbocycles. The van der Waals surface area contributed by atoms with Crippen molar-refractivity contribution in [2.75, 3.05) is 7.11 Å². The van der Waals surface area contributed by atoms with Crippen molar-refractivity contribution in [3.05, 3.63) is 60.2 Å². The Labute approximate surface area is 119 Å². The van der Waals surface area contributed by atoms with Crippen LogP contribution in [0.3, 0.4) is 0 Å². The largest absolute Gasteiger partial charge is 0.497 e. The van der Waals surface area contributed by atoms with Crippen LogP contribution in [0, 0.1) is 0 Å². The number of hydrogen-bond acceptors (Lipinski definition) is 2. The Morgan fingerprint density at radius 3 is 2.45 bits per heavy atom. The normalized spacial score (nSPS) is 10.7. The molecule has 20 heavy (non-hydrogen) atoms. The van der Waals surface area contributed by atoms with Gasteiger partial charge in [0.05, 0.1) is 18.3 Å². The molecule has 0 aliphatic rings. The smallest absolute Gasteiger partial charge is 0.119 e. The fourth-order valence-electron chi connectivity index (χ4n) is 2.30. The third-order valence-corrected chi connectivity index (χ3v) is 3.55. The summed E-state index contributed by atoms with van der Waals surface area (Å²) in [4.78, 5) is 4.72. The molecule has 0 fully saturated rings. The Hall–Kier alpha value is -2.35. The number of hydrogen-bond donors (Lipinski definition) is 0. The number of rotatable bonds is 3. The predicted octanol–water partition coefficient (Wildman–Crippen LogP) is 4.47. The molecular weight excluding hydrogens is 246 g/mol. The third-order valence-electron chi connectivity index (χ3n) is 3.55. The molecule has 1 aromatic heterocycles. The SMILES string of the molecule is CCc1ccc(-c2ccc3cc(OC)ccc3n2)cc1. The van der Waals surface area contributed by atoms with Gasteiger partial charge in [0.15, 0.2) is 0 Å². The summed E-state index contributed by atoms with van der Waals surface area (Å²) >= 11 is 0. The molecule has 0 N–H and O–H groups in total. The molecular formula is C18H17NO. The molecule has 0 bridgehead atoms. The number of fused-ring (bicyclic) bond motifs is 1. The number of aryl methyl sites for hydroxylation is 1. The maximum atomic E-state index is 5.23. The maximum absolute atomic E-state index is 5.23. The van der Waals surface area contributed by atoms with E-state index in [-0.39, 0.29) is 0 Å². The highest BCUT2D eigenvalue weighted by Crippen LogP contribution is 2.24. The second kappa shape index (κ2) is 5.33. The molecule has 3 aromatic rings. The third kappa shape index (κ3) is 2.37. The minimum Gasteiger partial charge on any atom is -0.497 e. The molecule has 2 aromatic carbocycles. The molecule has 0 spiro atoms. The van der Waals surface area contributed by atoms with Gasteiger partial charge in [-0.1, -0.05) is 37.3 Å². The van der Waals surface area contributed by atoms with E-state index in [1.165, 1.54) is 5.56 Å². The lowest BCUT2D eigenvalue weighted by Crippen LogP contribution is -1.88. The van der Waals surface area contributed by atoms with E-state index in [0.29, 0.717) is 0 Å². The topological polar surface area (TPSA) is 22.1 Å². The number of ether oxygens (including phenoxy) is 1. The van der Waals surface area contributed by atoms with E-state index in [1.54, 1.807) is 7.11 Å². The Kier molecular flexibility index (Phi) is 3.38. The zero-order valence-electron chi connectivity index (χ0n) is 11.8. The predicted molar refractivity (Wildman–Crippen MR) is 83.1 cm³/mol.